The summed E-state index contributed by atoms with van der Waals surface area (Å²) in [4.78, 5) is 14.2. The first kappa shape index (κ1) is 25.0. The van der Waals surface area contributed by atoms with E-state index in [1.165, 1.54) is 18.2 Å². The average molecular weight is 478 g/mol. The zero-order valence-electron chi connectivity index (χ0n) is 18.7. The Hall–Kier alpha value is -2.64. The summed E-state index contributed by atoms with van der Waals surface area (Å²) in [5.74, 6) is -1.10. The van der Waals surface area contributed by atoms with Crippen LogP contribution >= 0.6 is 12.4 Å². The van der Waals surface area contributed by atoms with Gasteiger partial charge in [-0.2, -0.15) is 0 Å². The number of fused-ring (bicyclic) bond motifs is 2. The third-order valence-electron chi connectivity index (χ3n) is 6.20. The molecule has 0 fully saturated rings. The third-order valence-corrected chi connectivity index (χ3v) is 6.20. The third kappa shape index (κ3) is 5.47. The summed E-state index contributed by atoms with van der Waals surface area (Å²) < 4.78 is 35.6. The number of amides is 1. The quantitative estimate of drug-likeness (QED) is 0.444. The molecule has 0 bridgehead atoms. The summed E-state index contributed by atoms with van der Waals surface area (Å²) in [5.41, 5.74) is 7.31. The highest BCUT2D eigenvalue weighted by Gasteiger charge is 2.29. The van der Waals surface area contributed by atoms with Crippen LogP contribution < -0.4 is 10.5 Å². The van der Waals surface area contributed by atoms with Crippen molar-refractivity contribution in [1.29, 1.82) is 0 Å². The highest BCUT2D eigenvalue weighted by Crippen LogP contribution is 2.32. The maximum Gasteiger partial charge on any atom is 0.249 e. The van der Waals surface area contributed by atoms with Crippen LogP contribution in [0.15, 0.2) is 42.6 Å². The summed E-state index contributed by atoms with van der Waals surface area (Å²) in [5, 5.41) is 1.04. The second-order valence-electron chi connectivity index (χ2n) is 8.39. The lowest BCUT2D eigenvalue weighted by atomic mass is 9.95. The molecule has 2 N–H and O–H groups in total. The molecule has 2 heterocycles. The van der Waals surface area contributed by atoms with Crippen molar-refractivity contribution in [3.63, 3.8) is 0 Å². The lowest BCUT2D eigenvalue weighted by Crippen LogP contribution is -2.44. The van der Waals surface area contributed by atoms with E-state index in [0.717, 1.165) is 49.8 Å². The van der Waals surface area contributed by atoms with Crippen LogP contribution in [0.3, 0.4) is 0 Å². The van der Waals surface area contributed by atoms with Gasteiger partial charge in [0.15, 0.2) is 11.6 Å². The van der Waals surface area contributed by atoms with Gasteiger partial charge in [0.05, 0.1) is 5.52 Å². The number of aromatic nitrogens is 1. The van der Waals surface area contributed by atoms with E-state index in [4.69, 9.17) is 10.5 Å². The smallest absolute Gasteiger partial charge is 0.249 e. The molecule has 0 saturated heterocycles. The molecule has 1 atom stereocenters. The number of halogens is 3. The number of carbonyl (C=O) groups is 1. The van der Waals surface area contributed by atoms with E-state index in [2.05, 4.69) is 16.4 Å². The molecule has 178 valence electrons. The fourth-order valence-corrected chi connectivity index (χ4v) is 4.61. The molecule has 0 aliphatic carbocycles. The number of ether oxygens (including phenoxy) is 1. The molecule has 2 aromatic carbocycles. The molecular weight excluding hydrogens is 448 g/mol. The Morgan fingerprint density at radius 3 is 2.76 bits per heavy atom. The fraction of sp³-hybridized carbons (Fsp3) is 0.400. The largest absolute Gasteiger partial charge is 0.489 e. The molecule has 0 saturated carbocycles. The van der Waals surface area contributed by atoms with Gasteiger partial charge < -0.3 is 15.0 Å². The van der Waals surface area contributed by atoms with E-state index in [1.54, 1.807) is 12.1 Å². The van der Waals surface area contributed by atoms with Gasteiger partial charge in [-0.05, 0) is 80.6 Å². The van der Waals surface area contributed by atoms with Gasteiger partial charge in [0, 0.05) is 29.9 Å². The lowest BCUT2D eigenvalue weighted by molar-refractivity contribution is 0.0983. The first-order valence-corrected chi connectivity index (χ1v) is 11.2. The number of hydrogen-bond donors (Lipinski definition) is 1. The maximum atomic E-state index is 14.2. The number of primary amides is 1. The number of nitrogens with two attached hydrogens (primary N) is 1. The number of hydrogen-bond acceptors (Lipinski definition) is 3. The summed E-state index contributed by atoms with van der Waals surface area (Å²) in [6.07, 6.45) is 5.43. The Kier molecular flexibility index (Phi) is 8.32. The van der Waals surface area contributed by atoms with Crippen molar-refractivity contribution in [2.75, 3.05) is 19.7 Å². The van der Waals surface area contributed by atoms with Crippen molar-refractivity contribution in [2.45, 2.75) is 45.2 Å². The Balaban J connectivity index is 0.00000306. The fourth-order valence-electron chi connectivity index (χ4n) is 4.61. The number of rotatable bonds is 9. The minimum atomic E-state index is -0.567. The molecule has 1 amide bonds. The molecule has 4 rings (SSSR count). The Morgan fingerprint density at radius 2 is 2.00 bits per heavy atom. The average Bonchev–Trinajstić information content (AvgIpc) is 3.17. The normalized spacial score (nSPS) is 15.2. The first-order valence-electron chi connectivity index (χ1n) is 11.2. The van der Waals surface area contributed by atoms with Crippen molar-refractivity contribution >= 4 is 29.2 Å². The number of carbonyl (C=O) groups excluding carboxylic acids is 1. The number of benzene rings is 2. The molecule has 3 aromatic rings. The van der Waals surface area contributed by atoms with Gasteiger partial charge in [-0.1, -0.05) is 6.92 Å². The first-order chi connectivity index (χ1) is 15.5. The molecule has 5 nitrogen and oxygen atoms in total. The van der Waals surface area contributed by atoms with E-state index in [9.17, 15) is 13.6 Å². The van der Waals surface area contributed by atoms with Crippen LogP contribution in [-0.4, -0.2) is 41.1 Å². The van der Waals surface area contributed by atoms with Crippen molar-refractivity contribution < 1.29 is 18.3 Å². The van der Waals surface area contributed by atoms with Gasteiger partial charge in [-0.15, -0.1) is 12.4 Å². The number of nitrogens with zero attached hydrogens (tertiary/aromatic N) is 2. The van der Waals surface area contributed by atoms with Crippen molar-refractivity contribution in [3.8, 4) is 5.75 Å². The predicted molar refractivity (Wildman–Crippen MR) is 128 cm³/mol. The van der Waals surface area contributed by atoms with Gasteiger partial charge in [0.1, 0.15) is 12.4 Å². The minimum Gasteiger partial charge on any atom is -0.489 e. The summed E-state index contributed by atoms with van der Waals surface area (Å²) in [7, 11) is 0. The zero-order chi connectivity index (χ0) is 22.7. The highest BCUT2D eigenvalue weighted by molar-refractivity contribution is 5.95. The van der Waals surface area contributed by atoms with Crippen LogP contribution in [0.25, 0.3) is 10.9 Å². The van der Waals surface area contributed by atoms with E-state index < -0.39 is 11.7 Å². The van der Waals surface area contributed by atoms with Crippen LogP contribution in [0.4, 0.5) is 8.78 Å². The number of unbranched alkanes of at least 4 members (excludes halogenated alkanes) is 1. The van der Waals surface area contributed by atoms with Gasteiger partial charge in [-0.25, -0.2) is 8.78 Å². The Bertz CT molecular complexity index is 1120. The Morgan fingerprint density at radius 1 is 1.18 bits per heavy atom. The SMILES string of the molecule is CCCN(CCCCn1ccc2ccc(F)cc21)C1COc2c(F)ccc(C(N)=O)c2C1.Cl. The van der Waals surface area contributed by atoms with Crippen LogP contribution in [0.5, 0.6) is 5.75 Å². The summed E-state index contributed by atoms with van der Waals surface area (Å²) in [6.45, 7) is 5.08. The standard InChI is InChI=1S/C25H29F2N3O2.ClH/c1-2-10-29(11-3-4-12-30-13-9-17-5-6-18(26)14-23(17)30)19-15-21-20(25(28)31)7-8-22(27)24(21)32-16-19;/h5-9,13-14,19H,2-4,10-12,15-16H2,1H3,(H2,28,31);1H. The molecular formula is C25H30ClF2N3O2. The lowest BCUT2D eigenvalue weighted by Gasteiger charge is -2.35. The molecule has 0 radical (unpaired) electrons. The van der Waals surface area contributed by atoms with E-state index in [0.29, 0.717) is 24.2 Å². The molecule has 1 aliphatic heterocycles. The van der Waals surface area contributed by atoms with Crippen LogP contribution in [0, 0.1) is 11.6 Å². The van der Waals surface area contributed by atoms with Crippen LogP contribution in [0.2, 0.25) is 0 Å². The Labute approximate surface area is 198 Å². The summed E-state index contributed by atoms with van der Waals surface area (Å²) in [6, 6.07) is 9.60. The topological polar surface area (TPSA) is 60.5 Å². The predicted octanol–water partition coefficient (Wildman–Crippen LogP) is 4.94. The number of aryl methyl sites for hydroxylation is 1. The molecule has 0 spiro atoms. The maximum absolute atomic E-state index is 14.2. The molecule has 1 aliphatic rings. The van der Waals surface area contributed by atoms with Gasteiger partial charge in [0.25, 0.3) is 0 Å². The van der Waals surface area contributed by atoms with Gasteiger partial charge >= 0.3 is 0 Å². The highest BCUT2D eigenvalue weighted by atomic mass is 35.5. The molecule has 8 heteroatoms. The van der Waals surface area contributed by atoms with Crippen LogP contribution in [0.1, 0.15) is 42.1 Å². The minimum absolute atomic E-state index is 0. The van der Waals surface area contributed by atoms with E-state index >= 15 is 0 Å². The van der Waals surface area contributed by atoms with Crippen LogP contribution in [-0.2, 0) is 13.0 Å². The van der Waals surface area contributed by atoms with Gasteiger partial charge in [-0.3, -0.25) is 9.69 Å². The second kappa shape index (κ2) is 11.0. The molecule has 33 heavy (non-hydrogen) atoms. The van der Waals surface area contributed by atoms with Crippen molar-refractivity contribution in [2.24, 2.45) is 5.73 Å². The van der Waals surface area contributed by atoms with E-state index in [-0.39, 0.29) is 30.0 Å². The second-order valence-corrected chi connectivity index (χ2v) is 8.39. The van der Waals surface area contributed by atoms with Gasteiger partial charge in [0.2, 0.25) is 5.91 Å². The zero-order valence-corrected chi connectivity index (χ0v) is 19.5. The van der Waals surface area contributed by atoms with Crippen molar-refractivity contribution in [3.05, 3.63) is 65.4 Å². The monoisotopic (exact) mass is 477 g/mol. The van der Waals surface area contributed by atoms with E-state index in [1.807, 2.05) is 12.3 Å². The van der Waals surface area contributed by atoms with Crippen molar-refractivity contribution in [1.82, 2.24) is 9.47 Å². The molecule has 1 aromatic heterocycles. The molecule has 1 unspecified atom stereocenters. The summed E-state index contributed by atoms with van der Waals surface area (Å²) >= 11 is 0.